The van der Waals surface area contributed by atoms with E-state index < -0.39 is 12.0 Å². The molecule has 3 atom stereocenters. The van der Waals surface area contributed by atoms with Crippen LogP contribution in [-0.4, -0.2) is 44.8 Å². The van der Waals surface area contributed by atoms with Gasteiger partial charge in [0.15, 0.2) is 0 Å². The summed E-state index contributed by atoms with van der Waals surface area (Å²) in [7, 11) is 2.11. The van der Waals surface area contributed by atoms with Crippen molar-refractivity contribution in [2.75, 3.05) is 13.2 Å². The number of carbonyl (C=O) groups is 3. The van der Waals surface area contributed by atoms with Crippen LogP contribution in [0.5, 0.6) is 11.5 Å². The molecule has 3 N–H and O–H groups in total. The first-order chi connectivity index (χ1) is 18.5. The number of hydrogen-bond donors (Lipinski definition) is 3. The van der Waals surface area contributed by atoms with Crippen molar-refractivity contribution in [3.63, 3.8) is 0 Å². The Hall–Kier alpha value is -2.37. The van der Waals surface area contributed by atoms with Crippen molar-refractivity contribution >= 4 is 54.1 Å². The molecule has 2 aliphatic rings. The van der Waals surface area contributed by atoms with E-state index in [0.717, 1.165) is 29.6 Å². The van der Waals surface area contributed by atoms with Crippen molar-refractivity contribution in [2.45, 2.75) is 51.0 Å². The summed E-state index contributed by atoms with van der Waals surface area (Å²) >= 11 is 2.00. The van der Waals surface area contributed by atoms with Gasteiger partial charge in [-0.1, -0.05) is 30.6 Å². The molecule has 3 amide bonds. The number of hydrogen-bond acceptors (Lipinski definition) is 6. The average molecular weight is 653 g/mol. The van der Waals surface area contributed by atoms with Crippen LogP contribution in [0.3, 0.4) is 0 Å². The van der Waals surface area contributed by atoms with Gasteiger partial charge < -0.3 is 20.1 Å². The molecule has 204 valence electrons. The molecule has 0 aromatic heterocycles. The summed E-state index contributed by atoms with van der Waals surface area (Å²) in [6, 6.07) is 14.3. The third-order valence-electron chi connectivity index (χ3n) is 6.13. The zero-order valence-electron chi connectivity index (χ0n) is 21.5. The molecule has 12 heteroatoms. The number of fused-ring (bicyclic) bond motifs is 11. The lowest BCUT2D eigenvalue weighted by molar-refractivity contribution is -0.136. The van der Waals surface area contributed by atoms with Gasteiger partial charge in [-0.25, -0.2) is 10.1 Å². The molecule has 2 aromatic rings. The Kier molecular flexibility index (Phi) is 13.2. The Morgan fingerprint density at radius 1 is 1.11 bits per heavy atom. The van der Waals surface area contributed by atoms with E-state index >= 15 is 0 Å². The molecule has 2 aliphatic heterocycles. The number of ether oxygens (including phenoxy) is 2. The predicted molar refractivity (Wildman–Crippen MR) is 158 cm³/mol. The van der Waals surface area contributed by atoms with Gasteiger partial charge in [0.1, 0.15) is 31.8 Å². The first-order valence-electron chi connectivity index (χ1n) is 12.8. The van der Waals surface area contributed by atoms with E-state index in [4.69, 9.17) is 14.1 Å². The molecule has 2 heterocycles. The summed E-state index contributed by atoms with van der Waals surface area (Å²) < 4.78 is 16.5. The number of rotatable bonds is 10. The van der Waals surface area contributed by atoms with Gasteiger partial charge in [-0.15, -0.1) is 0 Å². The van der Waals surface area contributed by atoms with E-state index in [9.17, 15) is 14.4 Å². The zero-order chi connectivity index (χ0) is 27.2. The third-order valence-corrected chi connectivity index (χ3v) is 6.97. The molecular weight excluding hydrogens is 619 g/mol. The summed E-state index contributed by atoms with van der Waals surface area (Å²) in [6.07, 6.45) is 3.35. The second-order valence-electron chi connectivity index (χ2n) is 9.07. The van der Waals surface area contributed by atoms with Crippen molar-refractivity contribution in [3.8, 4) is 11.5 Å². The summed E-state index contributed by atoms with van der Waals surface area (Å²) in [5.41, 5.74) is 4.20. The lowest BCUT2D eigenvalue weighted by Crippen LogP contribution is -2.48. The fourth-order valence-corrected chi connectivity index (χ4v) is 4.46. The minimum atomic E-state index is -0.801. The maximum absolute atomic E-state index is 13.2. The number of halogens is 1. The molecule has 0 spiro atoms. The van der Waals surface area contributed by atoms with Crippen molar-refractivity contribution in [1.82, 2.24) is 16.1 Å². The SMILES string of the molecule is BCCCOc1ccc(CNC(=O)[C@@H]2Cc3ccc(cc3)OCCC[C@H](C(=O)NOPI)CC(=O)N2)cc1. The molecule has 9 nitrogen and oxygen atoms in total. The number of nitrogens with one attached hydrogen (secondary N) is 3. The monoisotopic (exact) mass is 653 g/mol. The summed E-state index contributed by atoms with van der Waals surface area (Å²) in [6.45, 7) is 1.48. The van der Waals surface area contributed by atoms with E-state index in [2.05, 4.69) is 24.0 Å². The number of hydroxylamine groups is 1. The largest absolute Gasteiger partial charge is 0.494 e. The summed E-state index contributed by atoms with van der Waals surface area (Å²) in [5, 5.41) is 5.78. The van der Waals surface area contributed by atoms with Gasteiger partial charge >= 0.3 is 0 Å². The van der Waals surface area contributed by atoms with Crippen LogP contribution in [0, 0.1) is 5.92 Å². The quantitative estimate of drug-likeness (QED) is 0.120. The fraction of sp³-hybridized carbons (Fsp3) is 0.423. The number of carbonyl (C=O) groups excluding carboxylic acids is 3. The molecule has 0 fully saturated rings. The van der Waals surface area contributed by atoms with E-state index in [1.54, 1.807) is 0 Å². The van der Waals surface area contributed by atoms with Gasteiger partial charge in [0.2, 0.25) is 17.7 Å². The van der Waals surface area contributed by atoms with E-state index in [-0.39, 0.29) is 30.6 Å². The molecule has 0 radical (unpaired) electrons. The molecule has 0 aliphatic carbocycles. The Morgan fingerprint density at radius 3 is 2.58 bits per heavy atom. The van der Waals surface area contributed by atoms with E-state index in [1.165, 1.54) is 0 Å². The van der Waals surface area contributed by atoms with Crippen LogP contribution >= 0.6 is 28.5 Å². The van der Waals surface area contributed by atoms with Gasteiger partial charge in [0.05, 0.1) is 13.2 Å². The standard InChI is InChI=1S/C26H34BIN3O6P/c27-12-2-14-36-22-10-6-19(7-11-22)17-29-26(34)23-15-18-4-8-21(9-5-18)35-13-1-3-20(16-24(32)30-23)25(33)31-37-38-28/h4-11,20,23,38H,1-3,12-17,27H2,(H,29,34)(H,30,32)(H,31,33)/t20-,23-/m0/s1. The Morgan fingerprint density at radius 2 is 1.87 bits per heavy atom. The van der Waals surface area contributed by atoms with Crippen LogP contribution in [0.25, 0.3) is 0 Å². The van der Waals surface area contributed by atoms with Crippen LogP contribution in [0.15, 0.2) is 48.5 Å². The van der Waals surface area contributed by atoms with E-state index in [1.807, 2.05) is 70.6 Å². The molecule has 38 heavy (non-hydrogen) atoms. The molecular formula is C26H34BIN3O6P. The molecule has 0 saturated carbocycles. The minimum Gasteiger partial charge on any atom is -0.494 e. The summed E-state index contributed by atoms with van der Waals surface area (Å²) in [5.74, 6) is -0.120. The maximum atomic E-state index is 13.2. The predicted octanol–water partition coefficient (Wildman–Crippen LogP) is 3.02. The topological polar surface area (TPSA) is 115 Å². The van der Waals surface area contributed by atoms with Crippen LogP contribution in [0.2, 0.25) is 6.32 Å². The molecule has 2 bridgehead atoms. The molecule has 0 saturated heterocycles. The highest BCUT2D eigenvalue weighted by Crippen LogP contribution is 2.21. The lowest BCUT2D eigenvalue weighted by Gasteiger charge is -2.22. The number of benzene rings is 2. The first-order valence-corrected chi connectivity index (χ1v) is 16.8. The third kappa shape index (κ3) is 10.4. The van der Waals surface area contributed by atoms with Crippen LogP contribution in [-0.2, 0) is 32.0 Å². The minimum absolute atomic E-state index is 0.0552. The summed E-state index contributed by atoms with van der Waals surface area (Å²) in [4.78, 5) is 38.7. The zero-order valence-corrected chi connectivity index (χ0v) is 24.6. The second kappa shape index (κ2) is 16.6. The van der Waals surface area contributed by atoms with Gasteiger partial charge in [-0.05, 0) is 76.7 Å². The Bertz CT molecular complexity index is 1040. The van der Waals surface area contributed by atoms with Crippen molar-refractivity contribution in [2.24, 2.45) is 5.92 Å². The van der Waals surface area contributed by atoms with Gasteiger partial charge in [0.25, 0.3) is 0 Å². The van der Waals surface area contributed by atoms with Crippen LogP contribution < -0.4 is 25.6 Å². The van der Waals surface area contributed by atoms with E-state index in [0.29, 0.717) is 44.8 Å². The average Bonchev–Trinajstić information content (AvgIpc) is 2.93. The highest BCUT2D eigenvalue weighted by atomic mass is 127. The molecule has 4 rings (SSSR count). The second-order valence-corrected chi connectivity index (χ2v) is 10.7. The van der Waals surface area contributed by atoms with Crippen molar-refractivity contribution < 1.29 is 28.5 Å². The molecule has 2 aromatic carbocycles. The van der Waals surface area contributed by atoms with Crippen LogP contribution in [0.4, 0.5) is 0 Å². The highest BCUT2D eigenvalue weighted by Gasteiger charge is 2.26. The van der Waals surface area contributed by atoms with Gasteiger partial charge in [0, 0.05) is 25.3 Å². The maximum Gasteiger partial charge on any atom is 0.247 e. The fourth-order valence-electron chi connectivity index (χ4n) is 3.99. The van der Waals surface area contributed by atoms with Gasteiger partial charge in [-0.3, -0.25) is 14.4 Å². The smallest absolute Gasteiger partial charge is 0.247 e. The molecule has 1 unspecified atom stereocenters. The normalized spacial score (nSPS) is 18.3. The number of amides is 3. The lowest BCUT2D eigenvalue weighted by atomic mass is 9.97. The highest BCUT2D eigenvalue weighted by molar-refractivity contribution is 14.2. The van der Waals surface area contributed by atoms with Crippen molar-refractivity contribution in [3.05, 3.63) is 59.7 Å². The van der Waals surface area contributed by atoms with Gasteiger partial charge in [-0.2, -0.15) is 0 Å². The first kappa shape index (κ1) is 30.2. The van der Waals surface area contributed by atoms with Crippen LogP contribution in [0.1, 0.15) is 36.8 Å². The van der Waals surface area contributed by atoms with Crippen molar-refractivity contribution in [1.29, 1.82) is 0 Å². The Labute approximate surface area is 239 Å². The Balaban J connectivity index is 1.67.